The number of nitrogens with one attached hydrogen (secondary N) is 2. The van der Waals surface area contributed by atoms with Crippen LogP contribution in [0.15, 0.2) is 30.3 Å². The van der Waals surface area contributed by atoms with Gasteiger partial charge in [0, 0.05) is 38.0 Å². The molecule has 1 aromatic carbocycles. The number of aromatic nitrogens is 1. The van der Waals surface area contributed by atoms with Gasteiger partial charge in [-0.15, -0.1) is 0 Å². The molecule has 3 rings (SSSR count). The smallest absolute Gasteiger partial charge is 0.408 e. The summed E-state index contributed by atoms with van der Waals surface area (Å²) < 4.78 is 24.3. The first-order chi connectivity index (χ1) is 20.4. The van der Waals surface area contributed by atoms with Crippen molar-refractivity contribution in [2.45, 2.75) is 85.8 Å². The monoisotopic (exact) mass is 590 g/mol. The van der Waals surface area contributed by atoms with E-state index in [1.807, 2.05) is 27.7 Å². The second-order valence-electron chi connectivity index (χ2n) is 9.57. The highest BCUT2D eigenvalue weighted by Crippen LogP contribution is 2.20. The normalized spacial score (nSPS) is 12.5. The molecule has 0 spiro atoms. The minimum Gasteiger partial charge on any atom is -0.480 e. The van der Waals surface area contributed by atoms with E-state index in [4.69, 9.17) is 14.5 Å². The first kappa shape index (κ1) is 36.8. The van der Waals surface area contributed by atoms with Gasteiger partial charge in [-0.25, -0.2) is 19.0 Å². The van der Waals surface area contributed by atoms with Crippen molar-refractivity contribution in [2.24, 2.45) is 0 Å². The molecule has 1 unspecified atom stereocenters. The lowest BCUT2D eigenvalue weighted by molar-refractivity contribution is -0.139. The Kier molecular flexibility index (Phi) is 18.8. The number of nitrogens with zero attached hydrogens (tertiary/aromatic N) is 2. The maximum atomic E-state index is 14.0. The molecule has 0 fully saturated rings. The minimum absolute atomic E-state index is 0.199. The van der Waals surface area contributed by atoms with Crippen LogP contribution in [-0.2, 0) is 33.7 Å². The predicted molar refractivity (Wildman–Crippen MR) is 165 cm³/mol. The van der Waals surface area contributed by atoms with Crippen molar-refractivity contribution >= 4 is 17.9 Å². The second kappa shape index (κ2) is 21.5. The number of ether oxygens (including phenoxy) is 2. The van der Waals surface area contributed by atoms with Crippen LogP contribution in [0.5, 0.6) is 0 Å². The maximum absolute atomic E-state index is 14.0. The molecule has 2 aromatic rings. The number of carboxylic acid groups (broad SMARTS) is 1. The number of alkyl carbamates (subject to hydrolysis) is 1. The van der Waals surface area contributed by atoms with Gasteiger partial charge in [-0.1, -0.05) is 45.9 Å². The number of benzene rings is 1. The number of unbranched alkanes of at least 4 members (excludes halogenated alkanes) is 1. The lowest BCUT2D eigenvalue weighted by Crippen LogP contribution is -2.43. The lowest BCUT2D eigenvalue weighted by atomic mass is 10.1. The Morgan fingerprint density at radius 1 is 1.12 bits per heavy atom. The van der Waals surface area contributed by atoms with Gasteiger partial charge in [0.1, 0.15) is 24.3 Å². The molecular formula is C32H51FN4O5. The van der Waals surface area contributed by atoms with Crippen LogP contribution in [0.3, 0.4) is 0 Å². The molecule has 1 aromatic heterocycles. The Labute approximate surface area is 251 Å². The van der Waals surface area contributed by atoms with Crippen molar-refractivity contribution in [2.75, 3.05) is 45.2 Å². The molecule has 0 saturated carbocycles. The number of amides is 1. The summed E-state index contributed by atoms with van der Waals surface area (Å²) in [5.41, 5.74) is 3.27. The van der Waals surface area contributed by atoms with Crippen molar-refractivity contribution in [1.82, 2.24) is 15.2 Å². The Hall–Kier alpha value is -3.24. The minimum atomic E-state index is -1.15. The lowest BCUT2D eigenvalue weighted by Gasteiger charge is -2.24. The van der Waals surface area contributed by atoms with Gasteiger partial charge in [-0.2, -0.15) is 0 Å². The summed E-state index contributed by atoms with van der Waals surface area (Å²) in [6.45, 7) is 12.8. The zero-order chi connectivity index (χ0) is 31.3. The average Bonchev–Trinajstić information content (AvgIpc) is 3.01. The quantitative estimate of drug-likeness (QED) is 0.217. The molecule has 2 heterocycles. The van der Waals surface area contributed by atoms with Gasteiger partial charge in [0.2, 0.25) is 0 Å². The molecule has 1 amide bonds. The third-order valence-electron chi connectivity index (χ3n) is 6.75. The van der Waals surface area contributed by atoms with E-state index in [2.05, 4.69) is 27.7 Å². The molecule has 236 valence electrons. The van der Waals surface area contributed by atoms with Crippen LogP contribution >= 0.6 is 0 Å². The number of rotatable bonds is 15. The fourth-order valence-electron chi connectivity index (χ4n) is 4.45. The number of hydrogen-bond acceptors (Lipinski definition) is 7. The van der Waals surface area contributed by atoms with E-state index in [1.54, 1.807) is 26.2 Å². The number of methoxy groups -OCH3 is 1. The van der Waals surface area contributed by atoms with Crippen molar-refractivity contribution in [3.8, 4) is 0 Å². The molecule has 0 aliphatic carbocycles. The van der Waals surface area contributed by atoms with E-state index in [9.17, 15) is 19.1 Å². The van der Waals surface area contributed by atoms with Crippen LogP contribution < -0.4 is 10.6 Å². The summed E-state index contributed by atoms with van der Waals surface area (Å²) in [6, 6.07) is 7.72. The van der Waals surface area contributed by atoms with Gasteiger partial charge in [0.05, 0.1) is 6.61 Å². The van der Waals surface area contributed by atoms with E-state index in [0.29, 0.717) is 25.3 Å². The molecule has 3 N–H and O–H groups in total. The van der Waals surface area contributed by atoms with Crippen molar-refractivity contribution < 1.29 is 28.6 Å². The van der Waals surface area contributed by atoms with E-state index in [0.717, 1.165) is 56.7 Å². The second-order valence-corrected chi connectivity index (χ2v) is 9.57. The third-order valence-corrected chi connectivity index (χ3v) is 6.75. The average molecular weight is 591 g/mol. The summed E-state index contributed by atoms with van der Waals surface area (Å²) in [5, 5.41) is 15.4. The first-order valence-corrected chi connectivity index (χ1v) is 15.2. The molecule has 10 heteroatoms. The highest BCUT2D eigenvalue weighted by molar-refractivity contribution is 5.79. The number of pyridine rings is 1. The SMILES string of the molecule is CC.CC.COCCN(CCCCc1ccc2c(n1)NCCC2)CCC(NC(=O)OCc1c(C)cccc1F)C(=O)O. The van der Waals surface area contributed by atoms with Gasteiger partial charge in [0.25, 0.3) is 0 Å². The van der Waals surface area contributed by atoms with E-state index >= 15 is 0 Å². The zero-order valence-corrected chi connectivity index (χ0v) is 26.3. The number of carbonyl (C=O) groups excluding carboxylic acids is 1. The van der Waals surface area contributed by atoms with E-state index in [1.165, 1.54) is 11.6 Å². The van der Waals surface area contributed by atoms with Crippen molar-refractivity contribution in [3.05, 3.63) is 58.5 Å². The Morgan fingerprint density at radius 3 is 2.57 bits per heavy atom. The predicted octanol–water partition coefficient (Wildman–Crippen LogP) is 5.98. The highest BCUT2D eigenvalue weighted by Gasteiger charge is 2.22. The molecule has 0 saturated heterocycles. The fourth-order valence-corrected chi connectivity index (χ4v) is 4.45. The Bertz CT molecular complexity index is 1050. The van der Waals surface area contributed by atoms with E-state index in [-0.39, 0.29) is 18.6 Å². The van der Waals surface area contributed by atoms with Gasteiger partial charge >= 0.3 is 12.1 Å². The number of halogens is 1. The number of aliphatic carboxylic acids is 1. The third kappa shape index (κ3) is 13.2. The van der Waals surface area contributed by atoms with Crippen molar-refractivity contribution in [1.29, 1.82) is 0 Å². The molecule has 0 bridgehead atoms. The summed E-state index contributed by atoms with van der Waals surface area (Å²) in [7, 11) is 1.63. The van der Waals surface area contributed by atoms with Crippen LogP contribution in [0.4, 0.5) is 15.0 Å². The number of aryl methyl sites for hydroxylation is 3. The van der Waals surface area contributed by atoms with Crippen LogP contribution in [0.25, 0.3) is 0 Å². The number of carboxylic acids is 1. The van der Waals surface area contributed by atoms with Gasteiger partial charge in [0.15, 0.2) is 0 Å². The number of hydrogen-bond donors (Lipinski definition) is 3. The summed E-state index contributed by atoms with van der Waals surface area (Å²) in [6.07, 6.45) is 4.26. The van der Waals surface area contributed by atoms with Crippen LogP contribution in [-0.4, -0.2) is 73.0 Å². The molecule has 9 nitrogen and oxygen atoms in total. The molecule has 1 atom stereocenters. The molecule has 42 heavy (non-hydrogen) atoms. The fraction of sp³-hybridized carbons (Fsp3) is 0.594. The molecule has 1 aliphatic heterocycles. The zero-order valence-electron chi connectivity index (χ0n) is 26.3. The first-order valence-electron chi connectivity index (χ1n) is 15.2. The molecule has 0 radical (unpaired) electrons. The van der Waals surface area contributed by atoms with Crippen LogP contribution in [0.1, 0.15) is 75.8 Å². The Morgan fingerprint density at radius 2 is 1.88 bits per heavy atom. The van der Waals surface area contributed by atoms with Gasteiger partial charge in [-0.3, -0.25) is 0 Å². The number of carbonyl (C=O) groups is 2. The molecule has 1 aliphatic rings. The van der Waals surface area contributed by atoms with Gasteiger partial charge < -0.3 is 30.1 Å². The summed E-state index contributed by atoms with van der Waals surface area (Å²) >= 11 is 0. The van der Waals surface area contributed by atoms with Crippen molar-refractivity contribution in [3.63, 3.8) is 0 Å². The van der Waals surface area contributed by atoms with E-state index < -0.39 is 23.9 Å². The van der Waals surface area contributed by atoms with Crippen LogP contribution in [0, 0.1) is 12.7 Å². The van der Waals surface area contributed by atoms with Gasteiger partial charge in [-0.05, 0) is 75.3 Å². The van der Waals surface area contributed by atoms with Crippen LogP contribution in [0.2, 0.25) is 0 Å². The largest absolute Gasteiger partial charge is 0.480 e. The molecular weight excluding hydrogens is 539 g/mol. The Balaban J connectivity index is 0.00000211. The standard InChI is InChI=1S/C28H39FN4O5.2C2H6/c1-20-7-5-10-24(29)23(20)19-38-28(36)32-25(27(34)35)13-16-33(17-18-37-2)15-4-3-9-22-12-11-21-8-6-14-30-26(21)31-22;2*1-2/h5,7,10-12,25H,3-4,6,8-9,13-19H2,1-2H3,(H,30,31)(H,32,36)(H,34,35);2*1-2H3. The summed E-state index contributed by atoms with van der Waals surface area (Å²) in [4.78, 5) is 30.9. The topological polar surface area (TPSA) is 113 Å². The number of anilines is 1. The number of fused-ring (bicyclic) bond motifs is 1. The highest BCUT2D eigenvalue weighted by atomic mass is 19.1. The maximum Gasteiger partial charge on any atom is 0.408 e. The summed E-state index contributed by atoms with van der Waals surface area (Å²) in [5.74, 6) is -0.617.